The zero-order valence-electron chi connectivity index (χ0n) is 6.24. The van der Waals surface area contributed by atoms with Gasteiger partial charge in [-0.15, -0.1) is 0 Å². The fraction of sp³-hybridized carbons (Fsp3) is 0.143. The van der Waals surface area contributed by atoms with Crippen LogP contribution in [-0.2, 0) is 10.0 Å². The van der Waals surface area contributed by atoms with Crippen LogP contribution in [0.3, 0.4) is 0 Å². The van der Waals surface area contributed by atoms with E-state index in [0.29, 0.717) is 4.90 Å². The molecule has 0 fully saturated rings. The Labute approximate surface area is 65.9 Å². The maximum Gasteiger partial charge on any atom is 0.322 e. The number of quaternary nitrogens is 1. The number of aryl methyl sites for hydroxylation is 1. The lowest BCUT2D eigenvalue weighted by Gasteiger charge is -1.97. The molecule has 60 valence electrons. The number of sulfonamides is 1. The van der Waals surface area contributed by atoms with Crippen molar-refractivity contribution in [1.29, 1.82) is 0 Å². The van der Waals surface area contributed by atoms with Crippen molar-refractivity contribution in [1.82, 2.24) is 0 Å². The van der Waals surface area contributed by atoms with E-state index in [-0.39, 0.29) is 0 Å². The third kappa shape index (κ3) is 1.78. The number of hydrogen-bond acceptors (Lipinski definition) is 2. The second-order valence-corrected chi connectivity index (χ2v) is 4.05. The van der Waals surface area contributed by atoms with Crippen molar-refractivity contribution in [2.75, 3.05) is 0 Å². The smallest absolute Gasteiger partial charge is 0.248 e. The summed E-state index contributed by atoms with van der Waals surface area (Å²) in [5.74, 6) is 0. The third-order valence-corrected chi connectivity index (χ3v) is 2.56. The zero-order chi connectivity index (χ0) is 8.48. The second-order valence-electron chi connectivity index (χ2n) is 2.38. The highest BCUT2D eigenvalue weighted by molar-refractivity contribution is 7.84. The largest absolute Gasteiger partial charge is 0.322 e. The van der Waals surface area contributed by atoms with Gasteiger partial charge < -0.3 is 0 Å². The van der Waals surface area contributed by atoms with Crippen LogP contribution in [0.2, 0.25) is 0 Å². The van der Waals surface area contributed by atoms with Crippen molar-refractivity contribution >= 4 is 10.0 Å². The summed E-state index contributed by atoms with van der Waals surface area (Å²) in [6, 6.07) is 6.78. The van der Waals surface area contributed by atoms with Crippen LogP contribution >= 0.6 is 0 Å². The van der Waals surface area contributed by atoms with Crippen LogP contribution in [0.5, 0.6) is 0 Å². The second kappa shape index (κ2) is 2.64. The van der Waals surface area contributed by atoms with Gasteiger partial charge in [-0.25, -0.2) is 5.14 Å². The molecule has 1 aromatic rings. The van der Waals surface area contributed by atoms with E-state index >= 15 is 0 Å². The van der Waals surface area contributed by atoms with E-state index in [2.05, 4.69) is 5.14 Å². The molecule has 3 nitrogen and oxygen atoms in total. The van der Waals surface area contributed by atoms with Gasteiger partial charge in [-0.3, -0.25) is 0 Å². The summed E-state index contributed by atoms with van der Waals surface area (Å²) in [7, 11) is -3.28. The lowest BCUT2D eigenvalue weighted by Crippen LogP contribution is -2.56. The average molecular weight is 172 g/mol. The zero-order valence-corrected chi connectivity index (χ0v) is 7.06. The van der Waals surface area contributed by atoms with Crippen molar-refractivity contribution in [3.63, 3.8) is 0 Å². The Balaban J connectivity index is 3.37. The van der Waals surface area contributed by atoms with Gasteiger partial charge in [0.15, 0.2) is 0 Å². The van der Waals surface area contributed by atoms with Gasteiger partial charge in [0.2, 0.25) is 0 Å². The molecule has 0 aliphatic heterocycles. The van der Waals surface area contributed by atoms with Crippen LogP contribution in [0.15, 0.2) is 29.2 Å². The first-order valence-electron chi connectivity index (χ1n) is 3.15. The quantitative estimate of drug-likeness (QED) is 0.644. The lowest BCUT2D eigenvalue weighted by molar-refractivity contribution is -0.165. The van der Waals surface area contributed by atoms with Gasteiger partial charge in [-0.2, -0.15) is 8.42 Å². The summed E-state index contributed by atoms with van der Waals surface area (Å²) >= 11 is 0. The van der Waals surface area contributed by atoms with E-state index in [1.807, 2.05) is 0 Å². The number of hydrogen-bond donors (Lipinski definition) is 1. The Bertz CT molecular complexity index is 356. The van der Waals surface area contributed by atoms with E-state index in [9.17, 15) is 8.42 Å². The molecule has 0 heterocycles. The minimum atomic E-state index is -3.28. The monoisotopic (exact) mass is 172 g/mol. The molecule has 0 spiro atoms. The number of rotatable bonds is 1. The molecule has 0 amide bonds. The summed E-state index contributed by atoms with van der Waals surface area (Å²) < 4.78 is 21.9. The highest BCUT2D eigenvalue weighted by atomic mass is 32.2. The molecule has 11 heavy (non-hydrogen) atoms. The first-order chi connectivity index (χ1) is 5.02. The molecular weight excluding hydrogens is 162 g/mol. The summed E-state index contributed by atoms with van der Waals surface area (Å²) in [5, 5.41) is 3.07. The number of benzene rings is 1. The Kier molecular flexibility index (Phi) is 1.97. The molecule has 3 N–H and O–H groups in total. The summed E-state index contributed by atoms with van der Waals surface area (Å²) in [5.41, 5.74) is 0.738. The normalized spacial score (nSPS) is 11.5. The predicted molar refractivity (Wildman–Crippen MR) is 41.3 cm³/mol. The van der Waals surface area contributed by atoms with Crippen molar-refractivity contribution in [3.05, 3.63) is 29.8 Å². The average Bonchev–Trinajstić information content (AvgIpc) is 1.86. The summed E-state index contributed by atoms with van der Waals surface area (Å²) in [4.78, 5) is 0.306. The Morgan fingerprint density at radius 1 is 1.27 bits per heavy atom. The van der Waals surface area contributed by atoms with Crippen molar-refractivity contribution in [2.45, 2.75) is 11.8 Å². The molecule has 0 saturated heterocycles. The molecule has 0 aliphatic rings. The van der Waals surface area contributed by atoms with E-state index in [0.717, 1.165) is 5.56 Å². The minimum absolute atomic E-state index is 0.306. The van der Waals surface area contributed by atoms with Crippen LogP contribution in [0.25, 0.3) is 0 Å². The molecule has 1 aromatic carbocycles. The van der Waals surface area contributed by atoms with Crippen LogP contribution in [0, 0.1) is 6.92 Å². The maximum atomic E-state index is 10.9. The van der Waals surface area contributed by atoms with Crippen LogP contribution in [0.1, 0.15) is 5.56 Å². The molecule has 0 aliphatic carbocycles. The highest BCUT2D eigenvalue weighted by Gasteiger charge is 2.12. The minimum Gasteiger partial charge on any atom is -0.248 e. The van der Waals surface area contributed by atoms with E-state index in [4.69, 9.17) is 0 Å². The van der Waals surface area contributed by atoms with Crippen molar-refractivity contribution < 1.29 is 13.6 Å². The van der Waals surface area contributed by atoms with Crippen LogP contribution < -0.4 is 5.14 Å². The van der Waals surface area contributed by atoms with Gasteiger partial charge in [-0.1, -0.05) is 18.2 Å². The van der Waals surface area contributed by atoms with Gasteiger partial charge in [0.05, 0.1) is 0 Å². The molecular formula is C7H10NO2S+. The van der Waals surface area contributed by atoms with Gasteiger partial charge in [-0.05, 0) is 18.6 Å². The standard InChI is InChI=1S/C7H9NO2S/c1-6-4-2-3-5-7(6)11(8,9)10/h2-5H,1H3,(H2,8,9,10)/p+1. The Morgan fingerprint density at radius 3 is 2.18 bits per heavy atom. The molecule has 0 radical (unpaired) electrons. The van der Waals surface area contributed by atoms with Crippen LogP contribution in [-0.4, -0.2) is 8.42 Å². The molecule has 0 aromatic heterocycles. The summed E-state index contributed by atoms with van der Waals surface area (Å²) in [6.07, 6.45) is 0. The maximum absolute atomic E-state index is 10.9. The fourth-order valence-electron chi connectivity index (χ4n) is 0.905. The summed E-state index contributed by atoms with van der Waals surface area (Å²) in [6.45, 7) is 1.75. The first kappa shape index (κ1) is 8.23. The van der Waals surface area contributed by atoms with Crippen molar-refractivity contribution in [2.24, 2.45) is 0 Å². The van der Waals surface area contributed by atoms with Gasteiger partial charge in [0, 0.05) is 0 Å². The topological polar surface area (TPSA) is 61.8 Å². The third-order valence-electron chi connectivity index (χ3n) is 1.43. The highest BCUT2D eigenvalue weighted by Crippen LogP contribution is 2.09. The van der Waals surface area contributed by atoms with Gasteiger partial charge in [0.1, 0.15) is 4.90 Å². The molecule has 0 bridgehead atoms. The van der Waals surface area contributed by atoms with Gasteiger partial charge >= 0.3 is 10.0 Å². The van der Waals surface area contributed by atoms with E-state index < -0.39 is 10.0 Å². The molecule has 0 atom stereocenters. The van der Waals surface area contributed by atoms with E-state index in [1.165, 1.54) is 0 Å². The van der Waals surface area contributed by atoms with E-state index in [1.54, 1.807) is 31.2 Å². The first-order valence-corrected chi connectivity index (χ1v) is 4.81. The molecule has 0 saturated carbocycles. The van der Waals surface area contributed by atoms with Crippen molar-refractivity contribution in [3.8, 4) is 0 Å². The van der Waals surface area contributed by atoms with Crippen LogP contribution in [0.4, 0.5) is 0 Å². The molecule has 0 unspecified atom stereocenters. The Hall–Kier alpha value is -0.870. The molecule has 1 rings (SSSR count). The lowest BCUT2D eigenvalue weighted by atomic mass is 10.2. The molecule has 4 heteroatoms. The van der Waals surface area contributed by atoms with Gasteiger partial charge in [0.25, 0.3) is 0 Å². The fourth-order valence-corrected chi connectivity index (χ4v) is 1.75. The Morgan fingerprint density at radius 2 is 1.82 bits per heavy atom. The SMILES string of the molecule is Cc1ccccc1S([NH3+])(=O)=O. The predicted octanol–water partition coefficient (Wildman–Crippen LogP) is -0.0744.